The summed E-state index contributed by atoms with van der Waals surface area (Å²) in [6, 6.07) is 9.35. The first kappa shape index (κ1) is 26.1. The number of hydrogen-bond acceptors (Lipinski definition) is 4. The molecule has 2 aromatic carbocycles. The van der Waals surface area contributed by atoms with Crippen LogP contribution in [0.1, 0.15) is 17.5 Å². The van der Waals surface area contributed by atoms with Crippen molar-refractivity contribution in [2.24, 2.45) is 10.9 Å². The smallest absolute Gasteiger partial charge is 0.191 e. The zero-order valence-corrected chi connectivity index (χ0v) is 20.7. The lowest BCUT2D eigenvalue weighted by atomic mass is 10.1. The summed E-state index contributed by atoms with van der Waals surface area (Å²) in [7, 11) is 1.67. The molecule has 1 fully saturated rings. The number of nitrogens with one attached hydrogen (secondary N) is 2. The maximum atomic E-state index is 13.6. The second-order valence-electron chi connectivity index (χ2n) is 7.43. The number of ether oxygens (including phenoxy) is 3. The van der Waals surface area contributed by atoms with Gasteiger partial charge in [-0.05, 0) is 37.1 Å². The molecule has 0 bridgehead atoms. The Hall–Kier alpha value is -2.14. The Morgan fingerprint density at radius 1 is 1.12 bits per heavy atom. The molecule has 9 heteroatoms. The molecule has 0 aromatic heterocycles. The average Bonchev–Trinajstić information content (AvgIpc) is 3.27. The third-order valence-electron chi connectivity index (χ3n) is 4.94. The lowest BCUT2D eigenvalue weighted by molar-refractivity contribution is 0.166. The van der Waals surface area contributed by atoms with E-state index in [4.69, 9.17) is 14.2 Å². The van der Waals surface area contributed by atoms with Crippen molar-refractivity contribution >= 4 is 29.9 Å². The fourth-order valence-corrected chi connectivity index (χ4v) is 3.19. The Bertz CT molecular complexity index is 893. The summed E-state index contributed by atoms with van der Waals surface area (Å²) in [4.78, 5) is 4.19. The largest absolute Gasteiger partial charge is 0.493 e. The SMILES string of the molecule is CN=C(NCCOc1ccc(F)cc1F)NCc1ccc(C)cc1OCC1CCOC1.I. The molecule has 1 aliphatic rings. The van der Waals surface area contributed by atoms with E-state index in [0.29, 0.717) is 31.6 Å². The zero-order chi connectivity index (χ0) is 22.1. The molecule has 2 aromatic rings. The molecule has 0 amide bonds. The zero-order valence-electron chi connectivity index (χ0n) is 18.3. The van der Waals surface area contributed by atoms with Gasteiger partial charge in [-0.3, -0.25) is 4.99 Å². The van der Waals surface area contributed by atoms with Crippen molar-refractivity contribution in [1.29, 1.82) is 0 Å². The Morgan fingerprint density at radius 3 is 2.69 bits per heavy atom. The maximum Gasteiger partial charge on any atom is 0.191 e. The van der Waals surface area contributed by atoms with Crippen LogP contribution in [0.2, 0.25) is 0 Å². The molecule has 0 radical (unpaired) electrons. The fraction of sp³-hybridized carbons (Fsp3) is 0.435. The van der Waals surface area contributed by atoms with Crippen LogP contribution in [0.25, 0.3) is 0 Å². The normalized spacial score (nSPS) is 15.8. The molecule has 1 heterocycles. The second-order valence-corrected chi connectivity index (χ2v) is 7.43. The van der Waals surface area contributed by atoms with Crippen molar-refractivity contribution in [2.75, 3.05) is 40.0 Å². The van der Waals surface area contributed by atoms with E-state index in [0.717, 1.165) is 48.6 Å². The predicted molar refractivity (Wildman–Crippen MR) is 131 cm³/mol. The summed E-state index contributed by atoms with van der Waals surface area (Å²) < 4.78 is 43.4. The van der Waals surface area contributed by atoms with Gasteiger partial charge in [0.05, 0.1) is 19.8 Å². The highest BCUT2D eigenvalue weighted by Crippen LogP contribution is 2.22. The van der Waals surface area contributed by atoms with E-state index < -0.39 is 11.6 Å². The van der Waals surface area contributed by atoms with Crippen molar-refractivity contribution in [3.05, 3.63) is 59.2 Å². The van der Waals surface area contributed by atoms with Crippen LogP contribution >= 0.6 is 24.0 Å². The summed E-state index contributed by atoms with van der Waals surface area (Å²) >= 11 is 0. The molecule has 3 rings (SSSR count). The van der Waals surface area contributed by atoms with Crippen LogP contribution in [0.5, 0.6) is 11.5 Å². The number of nitrogens with zero attached hydrogens (tertiary/aromatic N) is 1. The van der Waals surface area contributed by atoms with Gasteiger partial charge < -0.3 is 24.8 Å². The summed E-state index contributed by atoms with van der Waals surface area (Å²) in [6.07, 6.45) is 1.03. The molecule has 0 spiro atoms. The lowest BCUT2D eigenvalue weighted by Crippen LogP contribution is -2.39. The first-order valence-corrected chi connectivity index (χ1v) is 10.4. The highest BCUT2D eigenvalue weighted by Gasteiger charge is 2.17. The molecule has 2 N–H and O–H groups in total. The molecular weight excluding hydrogens is 531 g/mol. The van der Waals surface area contributed by atoms with E-state index in [-0.39, 0.29) is 36.3 Å². The highest BCUT2D eigenvalue weighted by atomic mass is 127. The van der Waals surface area contributed by atoms with Crippen LogP contribution < -0.4 is 20.1 Å². The summed E-state index contributed by atoms with van der Waals surface area (Å²) in [5.41, 5.74) is 2.16. The van der Waals surface area contributed by atoms with E-state index >= 15 is 0 Å². The van der Waals surface area contributed by atoms with Gasteiger partial charge in [0.2, 0.25) is 0 Å². The molecule has 1 atom stereocenters. The number of rotatable bonds is 9. The Labute approximate surface area is 204 Å². The number of guanidine groups is 1. The van der Waals surface area contributed by atoms with Gasteiger partial charge in [-0.2, -0.15) is 0 Å². The van der Waals surface area contributed by atoms with E-state index in [1.807, 2.05) is 25.1 Å². The summed E-state index contributed by atoms with van der Waals surface area (Å²) in [5, 5.41) is 6.35. The van der Waals surface area contributed by atoms with Crippen LogP contribution in [0, 0.1) is 24.5 Å². The molecule has 1 saturated heterocycles. The summed E-state index contributed by atoms with van der Waals surface area (Å²) in [5.74, 6) is 0.521. The van der Waals surface area contributed by atoms with Gasteiger partial charge in [-0.25, -0.2) is 8.78 Å². The van der Waals surface area contributed by atoms with Gasteiger partial charge in [0.15, 0.2) is 17.5 Å². The number of aliphatic imine (C=N–C) groups is 1. The quantitative estimate of drug-likeness (QED) is 0.210. The van der Waals surface area contributed by atoms with Crippen molar-refractivity contribution in [2.45, 2.75) is 19.9 Å². The highest BCUT2D eigenvalue weighted by molar-refractivity contribution is 14.0. The van der Waals surface area contributed by atoms with Crippen molar-refractivity contribution in [3.63, 3.8) is 0 Å². The van der Waals surface area contributed by atoms with Crippen LogP contribution in [0.15, 0.2) is 41.4 Å². The third-order valence-corrected chi connectivity index (χ3v) is 4.94. The minimum Gasteiger partial charge on any atom is -0.493 e. The lowest BCUT2D eigenvalue weighted by Gasteiger charge is -2.17. The van der Waals surface area contributed by atoms with Crippen molar-refractivity contribution in [1.82, 2.24) is 10.6 Å². The molecule has 0 aliphatic carbocycles. The second kappa shape index (κ2) is 13.4. The van der Waals surface area contributed by atoms with Gasteiger partial charge in [-0.15, -0.1) is 24.0 Å². The van der Waals surface area contributed by atoms with Gasteiger partial charge in [0.25, 0.3) is 0 Å². The molecular formula is C23H30F2IN3O3. The van der Waals surface area contributed by atoms with Crippen LogP contribution in [0.4, 0.5) is 8.78 Å². The number of hydrogen-bond donors (Lipinski definition) is 2. The Kier molecular flexibility index (Phi) is 10.9. The summed E-state index contributed by atoms with van der Waals surface area (Å²) in [6.45, 7) is 5.36. The van der Waals surface area contributed by atoms with Crippen molar-refractivity contribution < 1.29 is 23.0 Å². The molecule has 0 saturated carbocycles. The predicted octanol–water partition coefficient (Wildman–Crippen LogP) is 4.05. The van der Waals surface area contributed by atoms with E-state index in [2.05, 4.69) is 15.6 Å². The minimum atomic E-state index is -0.724. The monoisotopic (exact) mass is 561 g/mol. The Morgan fingerprint density at radius 2 is 1.97 bits per heavy atom. The third kappa shape index (κ3) is 8.09. The molecule has 1 unspecified atom stereocenters. The topological polar surface area (TPSA) is 64.1 Å². The number of aryl methyl sites for hydroxylation is 1. The van der Waals surface area contributed by atoms with Crippen LogP contribution in [-0.2, 0) is 11.3 Å². The van der Waals surface area contributed by atoms with Crippen molar-refractivity contribution in [3.8, 4) is 11.5 Å². The number of halogens is 3. The van der Waals surface area contributed by atoms with Gasteiger partial charge in [0, 0.05) is 37.7 Å². The molecule has 1 aliphatic heterocycles. The molecule has 6 nitrogen and oxygen atoms in total. The molecule has 176 valence electrons. The Balaban J connectivity index is 0.00000363. The van der Waals surface area contributed by atoms with Gasteiger partial charge in [0.1, 0.15) is 18.2 Å². The van der Waals surface area contributed by atoms with E-state index in [1.54, 1.807) is 7.05 Å². The fourth-order valence-electron chi connectivity index (χ4n) is 3.19. The van der Waals surface area contributed by atoms with E-state index in [9.17, 15) is 8.78 Å². The minimum absolute atomic E-state index is 0. The molecule has 32 heavy (non-hydrogen) atoms. The standard InChI is InChI=1S/C23H29F2N3O3.HI/c1-16-3-4-18(22(11-16)31-15-17-7-9-29-14-17)13-28-23(26-2)27-8-10-30-21-6-5-19(24)12-20(21)25;/h3-6,11-12,17H,7-10,13-15H2,1-2H3,(H2,26,27,28);1H. The number of benzene rings is 2. The maximum absolute atomic E-state index is 13.6. The average molecular weight is 561 g/mol. The van der Waals surface area contributed by atoms with E-state index in [1.165, 1.54) is 6.07 Å². The van der Waals surface area contributed by atoms with Crippen LogP contribution in [-0.4, -0.2) is 46.0 Å². The van der Waals surface area contributed by atoms with Crippen LogP contribution in [0.3, 0.4) is 0 Å². The van der Waals surface area contributed by atoms with Gasteiger partial charge in [-0.1, -0.05) is 12.1 Å². The first-order valence-electron chi connectivity index (χ1n) is 10.4. The van der Waals surface area contributed by atoms with Gasteiger partial charge >= 0.3 is 0 Å². The first-order chi connectivity index (χ1) is 15.0.